The van der Waals surface area contributed by atoms with Crippen molar-refractivity contribution in [2.24, 2.45) is 0 Å². The number of thioether (sulfide) groups is 1. The van der Waals surface area contributed by atoms with Crippen molar-refractivity contribution in [1.29, 1.82) is 0 Å². The van der Waals surface area contributed by atoms with Gasteiger partial charge in [0.1, 0.15) is 5.75 Å². The minimum atomic E-state index is 0.561. The van der Waals surface area contributed by atoms with Gasteiger partial charge in [-0.3, -0.25) is 0 Å². The molecule has 0 radical (unpaired) electrons. The van der Waals surface area contributed by atoms with Gasteiger partial charge in [0.05, 0.1) is 12.4 Å². The van der Waals surface area contributed by atoms with Gasteiger partial charge < -0.3 is 9.15 Å². The lowest BCUT2D eigenvalue weighted by Crippen LogP contribution is -2.00. The molecule has 146 valence electrons. The largest absolute Gasteiger partial charge is 0.493 e. The first-order valence-corrected chi connectivity index (χ1v) is 11.5. The highest BCUT2D eigenvalue weighted by Gasteiger charge is 2.08. The van der Waals surface area contributed by atoms with Crippen LogP contribution in [0.25, 0.3) is 17.5 Å². The first-order chi connectivity index (χ1) is 13.8. The van der Waals surface area contributed by atoms with E-state index in [4.69, 9.17) is 9.15 Å². The minimum Gasteiger partial charge on any atom is -0.493 e. The molecule has 0 N–H and O–H groups in total. The van der Waals surface area contributed by atoms with Gasteiger partial charge in [0.15, 0.2) is 0 Å². The summed E-state index contributed by atoms with van der Waals surface area (Å²) >= 11 is 5.16. The zero-order valence-electron chi connectivity index (χ0n) is 15.6. The van der Waals surface area contributed by atoms with E-state index in [1.165, 1.54) is 5.56 Å². The van der Waals surface area contributed by atoms with Gasteiger partial charge in [0, 0.05) is 16.6 Å². The van der Waals surface area contributed by atoms with Crippen LogP contribution >= 0.6 is 27.7 Å². The third-order valence-corrected chi connectivity index (χ3v) is 5.37. The number of rotatable bonds is 11. The average Bonchev–Trinajstić information content (AvgIpc) is 3.21. The molecule has 0 aliphatic heterocycles. The highest BCUT2D eigenvalue weighted by molar-refractivity contribution is 9.09. The monoisotopic (exact) mass is 458 g/mol. The van der Waals surface area contributed by atoms with Gasteiger partial charge in [-0.15, -0.1) is 22.0 Å². The molecule has 0 spiro atoms. The quantitative estimate of drug-likeness (QED) is 0.251. The molecule has 4 nitrogen and oxygen atoms in total. The summed E-state index contributed by atoms with van der Waals surface area (Å²) in [6.45, 7) is 0.653. The van der Waals surface area contributed by atoms with Gasteiger partial charge in [-0.2, -0.15) is 0 Å². The minimum absolute atomic E-state index is 0.561. The number of hydrogen-bond acceptors (Lipinski definition) is 5. The lowest BCUT2D eigenvalue weighted by atomic mass is 10.1. The average molecular weight is 459 g/mol. The second kappa shape index (κ2) is 11.7. The van der Waals surface area contributed by atoms with Crippen LogP contribution in [0.2, 0.25) is 0 Å². The van der Waals surface area contributed by atoms with Crippen molar-refractivity contribution in [3.05, 3.63) is 72.1 Å². The topological polar surface area (TPSA) is 48.2 Å². The predicted molar refractivity (Wildman–Crippen MR) is 120 cm³/mol. The summed E-state index contributed by atoms with van der Waals surface area (Å²) in [4.78, 5) is 0. The maximum atomic E-state index is 5.78. The Morgan fingerprint density at radius 3 is 2.64 bits per heavy atom. The van der Waals surface area contributed by atoms with E-state index in [9.17, 15) is 0 Å². The highest BCUT2D eigenvalue weighted by Crippen LogP contribution is 2.21. The molecule has 0 aliphatic rings. The Kier molecular flexibility index (Phi) is 8.65. The van der Waals surface area contributed by atoms with Crippen LogP contribution in [0.15, 0.2) is 65.1 Å². The third kappa shape index (κ3) is 6.84. The summed E-state index contributed by atoms with van der Waals surface area (Å²) in [5.74, 6) is 3.64. The van der Waals surface area contributed by atoms with Crippen LogP contribution in [-0.4, -0.2) is 27.9 Å². The van der Waals surface area contributed by atoms with Gasteiger partial charge in [-0.25, -0.2) is 0 Å². The lowest BCUT2D eigenvalue weighted by Gasteiger charge is -2.04. The van der Waals surface area contributed by atoms with Gasteiger partial charge >= 0.3 is 0 Å². The summed E-state index contributed by atoms with van der Waals surface area (Å²) in [6, 6.07) is 18.0. The number of benzene rings is 2. The number of ether oxygens (including phenoxy) is 1. The Balaban J connectivity index is 1.42. The standard InChI is InChI=1S/C22H23BrN2O2S/c23-14-6-2-3-7-18-10-12-19(13-11-18)22-25-24-21(27-22)17-28-16-15-26-20-8-4-1-5-9-20/h1,3-5,7-13H,2,6,14-17H2. The molecular weight excluding hydrogens is 436 g/mol. The molecule has 0 saturated carbocycles. The first-order valence-electron chi connectivity index (χ1n) is 9.26. The SMILES string of the molecule is BrCCCC=Cc1ccc(-c2nnc(CSCCOc3ccccc3)o2)cc1. The number of allylic oxidation sites excluding steroid dienone is 1. The van der Waals surface area contributed by atoms with Crippen molar-refractivity contribution in [3.63, 3.8) is 0 Å². The molecule has 6 heteroatoms. The number of nitrogens with zero attached hydrogens (tertiary/aromatic N) is 2. The lowest BCUT2D eigenvalue weighted by molar-refractivity contribution is 0.344. The summed E-state index contributed by atoms with van der Waals surface area (Å²) in [7, 11) is 0. The molecule has 0 fully saturated rings. The van der Waals surface area contributed by atoms with Crippen LogP contribution in [0, 0.1) is 0 Å². The predicted octanol–water partition coefficient (Wildman–Crippen LogP) is 6.24. The van der Waals surface area contributed by atoms with E-state index in [0.29, 0.717) is 24.1 Å². The molecule has 3 aromatic rings. The van der Waals surface area contributed by atoms with E-state index in [-0.39, 0.29) is 0 Å². The number of para-hydroxylation sites is 1. The smallest absolute Gasteiger partial charge is 0.247 e. The summed E-state index contributed by atoms with van der Waals surface area (Å²) < 4.78 is 11.5. The molecule has 0 amide bonds. The second-order valence-corrected chi connectivity index (χ2v) is 7.97. The van der Waals surface area contributed by atoms with Gasteiger partial charge in [0.25, 0.3) is 0 Å². The molecule has 0 bridgehead atoms. The van der Waals surface area contributed by atoms with Gasteiger partial charge in [0.2, 0.25) is 11.8 Å². The van der Waals surface area contributed by atoms with E-state index in [1.54, 1.807) is 11.8 Å². The zero-order chi connectivity index (χ0) is 19.4. The highest BCUT2D eigenvalue weighted by atomic mass is 79.9. The van der Waals surface area contributed by atoms with Crippen LogP contribution in [0.4, 0.5) is 0 Å². The molecule has 0 atom stereocenters. The van der Waals surface area contributed by atoms with Crippen molar-refractivity contribution >= 4 is 33.8 Å². The van der Waals surface area contributed by atoms with Gasteiger partial charge in [-0.1, -0.05) is 58.4 Å². The Morgan fingerprint density at radius 2 is 1.86 bits per heavy atom. The van der Waals surface area contributed by atoms with Crippen molar-refractivity contribution in [1.82, 2.24) is 10.2 Å². The molecule has 28 heavy (non-hydrogen) atoms. The van der Waals surface area contributed by atoms with Crippen molar-refractivity contribution < 1.29 is 9.15 Å². The Bertz CT molecular complexity index is 850. The third-order valence-electron chi connectivity index (χ3n) is 3.90. The number of unbranched alkanes of at least 4 members (excludes halogenated alkanes) is 1. The van der Waals surface area contributed by atoms with E-state index < -0.39 is 0 Å². The summed E-state index contributed by atoms with van der Waals surface area (Å²) in [5.41, 5.74) is 2.11. The molecular formula is C22H23BrN2O2S. The van der Waals surface area contributed by atoms with E-state index >= 15 is 0 Å². The fraction of sp³-hybridized carbons (Fsp3) is 0.273. The Hall–Kier alpha value is -2.05. The molecule has 0 saturated heterocycles. The number of halogens is 1. The van der Waals surface area contributed by atoms with Crippen molar-refractivity contribution in [3.8, 4) is 17.2 Å². The van der Waals surface area contributed by atoms with Crippen LogP contribution in [0.3, 0.4) is 0 Å². The number of hydrogen-bond donors (Lipinski definition) is 0. The van der Waals surface area contributed by atoms with Crippen LogP contribution in [-0.2, 0) is 5.75 Å². The maximum Gasteiger partial charge on any atom is 0.247 e. The number of aromatic nitrogens is 2. The number of alkyl halides is 1. The summed E-state index contributed by atoms with van der Waals surface area (Å²) in [5, 5.41) is 9.34. The van der Waals surface area contributed by atoms with Crippen LogP contribution < -0.4 is 4.74 Å². The summed E-state index contributed by atoms with van der Waals surface area (Å²) in [6.07, 6.45) is 6.56. The second-order valence-electron chi connectivity index (χ2n) is 6.07. The molecule has 1 aromatic heterocycles. The zero-order valence-corrected chi connectivity index (χ0v) is 18.0. The fourth-order valence-corrected chi connectivity index (χ4v) is 3.44. The molecule has 3 rings (SSSR count). The van der Waals surface area contributed by atoms with Crippen LogP contribution in [0.5, 0.6) is 5.75 Å². The van der Waals surface area contributed by atoms with Gasteiger partial charge in [-0.05, 0) is 42.7 Å². The Labute approximate surface area is 178 Å². The molecule has 1 heterocycles. The van der Waals surface area contributed by atoms with Crippen molar-refractivity contribution in [2.75, 3.05) is 17.7 Å². The van der Waals surface area contributed by atoms with Crippen molar-refractivity contribution in [2.45, 2.75) is 18.6 Å². The molecule has 0 unspecified atom stereocenters. The van der Waals surface area contributed by atoms with E-state index in [2.05, 4.69) is 50.4 Å². The maximum absolute atomic E-state index is 5.78. The van der Waals surface area contributed by atoms with E-state index in [0.717, 1.165) is 35.2 Å². The fourth-order valence-electron chi connectivity index (χ4n) is 2.47. The molecule has 0 aliphatic carbocycles. The van der Waals surface area contributed by atoms with Crippen LogP contribution in [0.1, 0.15) is 24.3 Å². The Morgan fingerprint density at radius 1 is 1.04 bits per heavy atom. The molecule has 2 aromatic carbocycles. The first kappa shape index (κ1) is 20.7. The van der Waals surface area contributed by atoms with E-state index in [1.807, 2.05) is 42.5 Å². The normalized spacial score (nSPS) is 11.2.